The van der Waals surface area contributed by atoms with Crippen molar-refractivity contribution >= 4 is 12.3 Å². The predicted molar refractivity (Wildman–Crippen MR) is 61.3 cm³/mol. The van der Waals surface area contributed by atoms with Crippen molar-refractivity contribution in [1.29, 1.82) is 0 Å². The van der Waals surface area contributed by atoms with Crippen molar-refractivity contribution in [1.82, 2.24) is 4.98 Å². The first-order chi connectivity index (χ1) is 6.77. The highest BCUT2D eigenvalue weighted by Crippen LogP contribution is 2.13. The molecule has 1 aromatic rings. The summed E-state index contributed by atoms with van der Waals surface area (Å²) in [6.07, 6.45) is 5.57. The molecule has 0 aliphatic heterocycles. The second kappa shape index (κ2) is 5.12. The van der Waals surface area contributed by atoms with Crippen molar-refractivity contribution in [2.24, 2.45) is 4.99 Å². The summed E-state index contributed by atoms with van der Waals surface area (Å²) in [7, 11) is 0. The van der Waals surface area contributed by atoms with E-state index in [2.05, 4.69) is 16.7 Å². The van der Waals surface area contributed by atoms with Gasteiger partial charge >= 0.3 is 0 Å². The van der Waals surface area contributed by atoms with Gasteiger partial charge in [0.25, 0.3) is 0 Å². The molecule has 72 valence electrons. The Kier molecular flexibility index (Phi) is 3.80. The lowest BCUT2D eigenvalue weighted by Crippen LogP contribution is -1.88. The van der Waals surface area contributed by atoms with E-state index in [0.717, 1.165) is 17.0 Å². The Morgan fingerprint density at radius 3 is 2.86 bits per heavy atom. The van der Waals surface area contributed by atoms with Crippen LogP contribution in [0.5, 0.6) is 0 Å². The molecule has 1 rings (SSSR count). The van der Waals surface area contributed by atoms with E-state index >= 15 is 0 Å². The molecule has 0 amide bonds. The fourth-order valence-corrected chi connectivity index (χ4v) is 1.17. The highest BCUT2D eigenvalue weighted by Gasteiger charge is 1.97. The van der Waals surface area contributed by atoms with Crippen LogP contribution in [0.3, 0.4) is 0 Å². The summed E-state index contributed by atoms with van der Waals surface area (Å²) in [5.41, 5.74) is 3.04. The Balaban J connectivity index is 3.02. The number of aryl methyl sites for hydroxylation is 1. The Labute approximate surface area is 84.7 Å². The lowest BCUT2D eigenvalue weighted by Gasteiger charge is -2.01. The number of aromatic nitrogens is 1. The van der Waals surface area contributed by atoms with Crippen LogP contribution in [0.4, 0.5) is 0 Å². The van der Waals surface area contributed by atoms with E-state index in [4.69, 9.17) is 0 Å². The van der Waals surface area contributed by atoms with E-state index in [9.17, 15) is 0 Å². The van der Waals surface area contributed by atoms with Crippen molar-refractivity contribution in [3.63, 3.8) is 0 Å². The molecule has 2 nitrogen and oxygen atoms in total. The van der Waals surface area contributed by atoms with E-state index in [-0.39, 0.29) is 0 Å². The lowest BCUT2D eigenvalue weighted by atomic mass is 10.1. The molecule has 0 saturated carbocycles. The van der Waals surface area contributed by atoms with Gasteiger partial charge in [0.1, 0.15) is 0 Å². The summed E-state index contributed by atoms with van der Waals surface area (Å²) in [6.45, 7) is 7.35. The first kappa shape index (κ1) is 10.4. The monoisotopic (exact) mass is 186 g/mol. The van der Waals surface area contributed by atoms with Crippen molar-refractivity contribution in [3.05, 3.63) is 47.9 Å². The molecule has 0 fully saturated rings. The summed E-state index contributed by atoms with van der Waals surface area (Å²) < 4.78 is 0. The zero-order chi connectivity index (χ0) is 10.4. The number of allylic oxidation sites excluding steroid dienone is 3. The Hall–Kier alpha value is -1.70. The van der Waals surface area contributed by atoms with Gasteiger partial charge in [-0.2, -0.15) is 0 Å². The minimum Gasteiger partial charge on any atom is -0.272 e. The van der Waals surface area contributed by atoms with Gasteiger partial charge in [0.15, 0.2) is 0 Å². The van der Waals surface area contributed by atoms with Crippen molar-refractivity contribution in [2.45, 2.75) is 13.8 Å². The van der Waals surface area contributed by atoms with E-state index in [1.165, 1.54) is 0 Å². The summed E-state index contributed by atoms with van der Waals surface area (Å²) in [4.78, 5) is 8.09. The fraction of sp³-hybridized carbons (Fsp3) is 0.167. The van der Waals surface area contributed by atoms with Crippen LogP contribution >= 0.6 is 0 Å². The molecule has 0 aromatic carbocycles. The van der Waals surface area contributed by atoms with Gasteiger partial charge in [-0.3, -0.25) is 9.98 Å². The highest BCUT2D eigenvalue weighted by molar-refractivity contribution is 5.71. The summed E-state index contributed by atoms with van der Waals surface area (Å²) in [5, 5.41) is 0. The maximum Gasteiger partial charge on any atom is 0.0702 e. The molecule has 2 heteroatoms. The third-order valence-corrected chi connectivity index (χ3v) is 1.85. The molecule has 0 N–H and O–H groups in total. The van der Waals surface area contributed by atoms with Crippen LogP contribution in [-0.2, 0) is 0 Å². The molecule has 14 heavy (non-hydrogen) atoms. The largest absolute Gasteiger partial charge is 0.272 e. The number of hydrogen-bond acceptors (Lipinski definition) is 2. The first-order valence-corrected chi connectivity index (χ1v) is 4.50. The third-order valence-electron chi connectivity index (χ3n) is 1.85. The Morgan fingerprint density at radius 1 is 1.50 bits per heavy atom. The second-order valence-corrected chi connectivity index (χ2v) is 2.91. The molecule has 0 atom stereocenters. The van der Waals surface area contributed by atoms with Gasteiger partial charge in [0, 0.05) is 11.9 Å². The van der Waals surface area contributed by atoms with Gasteiger partial charge in [-0.15, -0.1) is 0 Å². The minimum atomic E-state index is 0.965. The SMILES string of the molecule is C=N/C=C\C(=C/C)c1cccc(C)n1. The standard InChI is InChI=1S/C12H14N2/c1-4-11(8-9-13-3)12-7-5-6-10(2)14-12/h4-9H,3H2,1-2H3/b9-8-,11-4+. The molecule has 0 radical (unpaired) electrons. The molecule has 1 aromatic heterocycles. The summed E-state index contributed by atoms with van der Waals surface area (Å²) >= 11 is 0. The van der Waals surface area contributed by atoms with E-state index in [1.54, 1.807) is 6.20 Å². The summed E-state index contributed by atoms with van der Waals surface area (Å²) in [6, 6.07) is 5.96. The number of pyridine rings is 1. The smallest absolute Gasteiger partial charge is 0.0702 e. The molecule has 0 unspecified atom stereocenters. The van der Waals surface area contributed by atoms with Gasteiger partial charge in [-0.05, 0) is 44.3 Å². The zero-order valence-corrected chi connectivity index (χ0v) is 8.57. The molecule has 0 aliphatic rings. The van der Waals surface area contributed by atoms with Gasteiger partial charge in [-0.25, -0.2) is 0 Å². The fourth-order valence-electron chi connectivity index (χ4n) is 1.17. The van der Waals surface area contributed by atoms with Crippen LogP contribution in [0.2, 0.25) is 0 Å². The van der Waals surface area contributed by atoms with E-state index in [0.29, 0.717) is 0 Å². The molecule has 0 bridgehead atoms. The Bertz CT molecular complexity index is 376. The number of nitrogens with zero attached hydrogens (tertiary/aromatic N) is 2. The van der Waals surface area contributed by atoms with Gasteiger partial charge in [0.05, 0.1) is 5.69 Å². The second-order valence-electron chi connectivity index (χ2n) is 2.91. The van der Waals surface area contributed by atoms with Crippen LogP contribution < -0.4 is 0 Å². The summed E-state index contributed by atoms with van der Waals surface area (Å²) in [5.74, 6) is 0. The topological polar surface area (TPSA) is 25.2 Å². The van der Waals surface area contributed by atoms with Crippen molar-refractivity contribution in [2.75, 3.05) is 0 Å². The molecule has 0 spiro atoms. The van der Waals surface area contributed by atoms with Gasteiger partial charge in [0.2, 0.25) is 0 Å². The number of aliphatic imine (C=N–C) groups is 1. The van der Waals surface area contributed by atoms with Crippen LogP contribution in [0.25, 0.3) is 5.57 Å². The molecular formula is C12H14N2. The molecular weight excluding hydrogens is 172 g/mol. The van der Waals surface area contributed by atoms with Crippen molar-refractivity contribution in [3.8, 4) is 0 Å². The van der Waals surface area contributed by atoms with Gasteiger partial charge < -0.3 is 0 Å². The minimum absolute atomic E-state index is 0.965. The predicted octanol–water partition coefficient (Wildman–Crippen LogP) is 3.01. The number of rotatable bonds is 3. The average molecular weight is 186 g/mol. The molecule has 0 aliphatic carbocycles. The quantitative estimate of drug-likeness (QED) is 0.526. The van der Waals surface area contributed by atoms with Crippen LogP contribution in [0, 0.1) is 6.92 Å². The zero-order valence-electron chi connectivity index (χ0n) is 8.57. The van der Waals surface area contributed by atoms with Crippen LogP contribution in [-0.4, -0.2) is 11.7 Å². The molecule has 1 heterocycles. The number of hydrogen-bond donors (Lipinski definition) is 0. The Morgan fingerprint density at radius 2 is 2.29 bits per heavy atom. The lowest BCUT2D eigenvalue weighted by molar-refractivity contribution is 1.17. The average Bonchev–Trinajstić information content (AvgIpc) is 2.19. The third kappa shape index (κ3) is 2.66. The normalized spacial score (nSPS) is 12.0. The first-order valence-electron chi connectivity index (χ1n) is 4.50. The van der Waals surface area contributed by atoms with Crippen LogP contribution in [0.15, 0.2) is 41.5 Å². The molecule has 0 saturated heterocycles. The van der Waals surface area contributed by atoms with E-state index in [1.807, 2.05) is 44.2 Å². The maximum absolute atomic E-state index is 4.42. The van der Waals surface area contributed by atoms with Crippen molar-refractivity contribution < 1.29 is 0 Å². The van der Waals surface area contributed by atoms with Gasteiger partial charge in [-0.1, -0.05) is 12.1 Å². The van der Waals surface area contributed by atoms with Crippen LogP contribution in [0.1, 0.15) is 18.3 Å². The highest BCUT2D eigenvalue weighted by atomic mass is 14.7. The maximum atomic E-state index is 4.42. The van der Waals surface area contributed by atoms with E-state index < -0.39 is 0 Å².